The van der Waals surface area contributed by atoms with Crippen LogP contribution in [0.25, 0.3) is 0 Å². The molecule has 0 unspecified atom stereocenters. The van der Waals surface area contributed by atoms with Crippen LogP contribution in [0.2, 0.25) is 0 Å². The van der Waals surface area contributed by atoms with E-state index in [-0.39, 0.29) is 17.1 Å². The van der Waals surface area contributed by atoms with E-state index >= 15 is 0 Å². The standard InChI is InChI=1S/C16H24N2O3/c1-4-16(3,5-2)18-15(21)17-10-9-12-7-6-8-13(11-12)14(19)20/h6-8,11H,4-5,9-10H2,1-3H3,(H,19,20)(H2,17,18,21). The summed E-state index contributed by atoms with van der Waals surface area (Å²) in [6.07, 6.45) is 2.35. The number of aromatic carboxylic acids is 1. The lowest BCUT2D eigenvalue weighted by atomic mass is 9.96. The summed E-state index contributed by atoms with van der Waals surface area (Å²) < 4.78 is 0. The number of hydrogen-bond donors (Lipinski definition) is 3. The second-order valence-corrected chi connectivity index (χ2v) is 5.40. The Hall–Kier alpha value is -2.04. The largest absolute Gasteiger partial charge is 0.478 e. The SMILES string of the molecule is CCC(C)(CC)NC(=O)NCCc1cccc(C(=O)O)c1. The van der Waals surface area contributed by atoms with Crippen molar-refractivity contribution in [3.63, 3.8) is 0 Å². The van der Waals surface area contributed by atoms with Gasteiger partial charge in [-0.15, -0.1) is 0 Å². The number of carboxylic acids is 1. The van der Waals surface area contributed by atoms with Gasteiger partial charge in [0.15, 0.2) is 0 Å². The van der Waals surface area contributed by atoms with Crippen molar-refractivity contribution in [1.29, 1.82) is 0 Å². The topological polar surface area (TPSA) is 78.4 Å². The molecule has 21 heavy (non-hydrogen) atoms. The van der Waals surface area contributed by atoms with Crippen molar-refractivity contribution in [3.05, 3.63) is 35.4 Å². The second kappa shape index (κ2) is 7.67. The number of amides is 2. The lowest BCUT2D eigenvalue weighted by molar-refractivity contribution is 0.0696. The number of hydrogen-bond acceptors (Lipinski definition) is 2. The predicted molar refractivity (Wildman–Crippen MR) is 82.6 cm³/mol. The monoisotopic (exact) mass is 292 g/mol. The van der Waals surface area contributed by atoms with Crippen LogP contribution in [0.15, 0.2) is 24.3 Å². The van der Waals surface area contributed by atoms with E-state index in [2.05, 4.69) is 10.6 Å². The smallest absolute Gasteiger partial charge is 0.335 e. The van der Waals surface area contributed by atoms with Crippen LogP contribution in [-0.2, 0) is 6.42 Å². The molecule has 0 spiro atoms. The molecule has 116 valence electrons. The normalized spacial score (nSPS) is 11.0. The van der Waals surface area contributed by atoms with Crippen molar-refractivity contribution in [3.8, 4) is 0 Å². The maximum Gasteiger partial charge on any atom is 0.335 e. The number of rotatable bonds is 7. The molecular formula is C16H24N2O3. The molecule has 0 bridgehead atoms. The Balaban J connectivity index is 2.45. The van der Waals surface area contributed by atoms with Gasteiger partial charge in [-0.05, 0) is 43.9 Å². The fourth-order valence-corrected chi connectivity index (χ4v) is 1.93. The zero-order valence-electron chi connectivity index (χ0n) is 12.9. The molecule has 1 aromatic rings. The number of carbonyl (C=O) groups is 2. The van der Waals surface area contributed by atoms with Crippen LogP contribution >= 0.6 is 0 Å². The molecule has 0 atom stereocenters. The lowest BCUT2D eigenvalue weighted by Crippen LogP contribution is -2.49. The molecule has 0 aromatic heterocycles. The van der Waals surface area contributed by atoms with Crippen molar-refractivity contribution >= 4 is 12.0 Å². The maximum absolute atomic E-state index is 11.8. The minimum absolute atomic E-state index is 0.185. The molecular weight excluding hydrogens is 268 g/mol. The van der Waals surface area contributed by atoms with E-state index < -0.39 is 5.97 Å². The highest BCUT2D eigenvalue weighted by Gasteiger charge is 2.21. The van der Waals surface area contributed by atoms with Crippen molar-refractivity contribution in [2.45, 2.75) is 45.6 Å². The van der Waals surface area contributed by atoms with Crippen LogP contribution in [0.3, 0.4) is 0 Å². The van der Waals surface area contributed by atoms with Gasteiger partial charge < -0.3 is 15.7 Å². The van der Waals surface area contributed by atoms with Gasteiger partial charge in [0.05, 0.1) is 5.56 Å². The third kappa shape index (κ3) is 5.45. The summed E-state index contributed by atoms with van der Waals surface area (Å²) in [5.74, 6) is -0.941. The quantitative estimate of drug-likeness (QED) is 0.723. The molecule has 1 aromatic carbocycles. The molecule has 0 aliphatic heterocycles. The molecule has 0 saturated heterocycles. The Bertz CT molecular complexity index is 496. The average molecular weight is 292 g/mol. The first-order valence-electron chi connectivity index (χ1n) is 7.28. The molecule has 1 rings (SSSR count). The fourth-order valence-electron chi connectivity index (χ4n) is 1.93. The molecule has 5 nitrogen and oxygen atoms in total. The second-order valence-electron chi connectivity index (χ2n) is 5.40. The Morgan fingerprint density at radius 3 is 2.48 bits per heavy atom. The number of carboxylic acid groups (broad SMARTS) is 1. The Morgan fingerprint density at radius 2 is 1.90 bits per heavy atom. The molecule has 3 N–H and O–H groups in total. The van der Waals surface area contributed by atoms with Crippen LogP contribution in [0, 0.1) is 0 Å². The van der Waals surface area contributed by atoms with Gasteiger partial charge in [0.1, 0.15) is 0 Å². The van der Waals surface area contributed by atoms with Gasteiger partial charge in [-0.1, -0.05) is 26.0 Å². The van der Waals surface area contributed by atoms with E-state index in [0.717, 1.165) is 18.4 Å². The highest BCUT2D eigenvalue weighted by atomic mass is 16.4. The van der Waals surface area contributed by atoms with E-state index in [1.165, 1.54) is 0 Å². The summed E-state index contributed by atoms with van der Waals surface area (Å²) in [6.45, 7) is 6.57. The first kappa shape index (κ1) is 17.0. The summed E-state index contributed by atoms with van der Waals surface area (Å²) >= 11 is 0. The van der Waals surface area contributed by atoms with Gasteiger partial charge in [0, 0.05) is 12.1 Å². The summed E-state index contributed by atoms with van der Waals surface area (Å²) in [5, 5.41) is 14.7. The van der Waals surface area contributed by atoms with Crippen LogP contribution in [0.1, 0.15) is 49.5 Å². The third-order valence-electron chi connectivity index (χ3n) is 3.85. The minimum Gasteiger partial charge on any atom is -0.478 e. The van der Waals surface area contributed by atoms with E-state index in [1.807, 2.05) is 26.8 Å². The molecule has 0 radical (unpaired) electrons. The third-order valence-corrected chi connectivity index (χ3v) is 3.85. The van der Waals surface area contributed by atoms with Crippen LogP contribution in [0.5, 0.6) is 0 Å². The number of urea groups is 1. The highest BCUT2D eigenvalue weighted by Crippen LogP contribution is 2.13. The number of carbonyl (C=O) groups excluding carboxylic acids is 1. The van der Waals surface area contributed by atoms with E-state index in [0.29, 0.717) is 13.0 Å². The van der Waals surface area contributed by atoms with E-state index in [4.69, 9.17) is 5.11 Å². The maximum atomic E-state index is 11.8. The van der Waals surface area contributed by atoms with Crippen molar-refractivity contribution in [2.75, 3.05) is 6.54 Å². The fraction of sp³-hybridized carbons (Fsp3) is 0.500. The Morgan fingerprint density at radius 1 is 1.24 bits per heavy atom. The summed E-state index contributed by atoms with van der Waals surface area (Å²) in [7, 11) is 0. The van der Waals surface area contributed by atoms with E-state index in [1.54, 1.807) is 18.2 Å². The molecule has 0 saturated carbocycles. The molecule has 0 heterocycles. The zero-order chi connectivity index (χ0) is 15.9. The number of benzene rings is 1. The van der Waals surface area contributed by atoms with Gasteiger partial charge in [-0.3, -0.25) is 0 Å². The zero-order valence-corrected chi connectivity index (χ0v) is 12.9. The van der Waals surface area contributed by atoms with Gasteiger partial charge in [-0.2, -0.15) is 0 Å². The summed E-state index contributed by atoms with van der Waals surface area (Å²) in [5.41, 5.74) is 0.971. The molecule has 5 heteroatoms. The van der Waals surface area contributed by atoms with Gasteiger partial charge in [0.25, 0.3) is 0 Å². The molecule has 2 amide bonds. The van der Waals surface area contributed by atoms with Crippen molar-refractivity contribution in [2.24, 2.45) is 0 Å². The minimum atomic E-state index is -0.941. The van der Waals surface area contributed by atoms with Crippen LogP contribution < -0.4 is 10.6 Å². The summed E-state index contributed by atoms with van der Waals surface area (Å²) in [4.78, 5) is 22.7. The van der Waals surface area contributed by atoms with E-state index in [9.17, 15) is 9.59 Å². The highest BCUT2D eigenvalue weighted by molar-refractivity contribution is 5.87. The Kier molecular flexibility index (Phi) is 6.21. The first-order chi connectivity index (χ1) is 9.90. The van der Waals surface area contributed by atoms with Crippen molar-refractivity contribution in [1.82, 2.24) is 10.6 Å². The number of nitrogens with one attached hydrogen (secondary N) is 2. The predicted octanol–water partition coefficient (Wildman–Crippen LogP) is 2.81. The summed E-state index contributed by atoms with van der Waals surface area (Å²) in [6, 6.07) is 6.57. The average Bonchev–Trinajstić information content (AvgIpc) is 2.47. The van der Waals surface area contributed by atoms with Gasteiger partial charge in [-0.25, -0.2) is 9.59 Å². The molecule has 0 fully saturated rings. The lowest BCUT2D eigenvalue weighted by Gasteiger charge is -2.28. The van der Waals surface area contributed by atoms with Crippen LogP contribution in [0.4, 0.5) is 4.79 Å². The van der Waals surface area contributed by atoms with Gasteiger partial charge >= 0.3 is 12.0 Å². The first-order valence-corrected chi connectivity index (χ1v) is 7.28. The molecule has 0 aliphatic rings. The Labute approximate surface area is 125 Å². The van der Waals surface area contributed by atoms with Gasteiger partial charge in [0.2, 0.25) is 0 Å². The van der Waals surface area contributed by atoms with Crippen LogP contribution in [-0.4, -0.2) is 29.2 Å². The van der Waals surface area contributed by atoms with Crippen molar-refractivity contribution < 1.29 is 14.7 Å². The molecule has 0 aliphatic carbocycles.